The molecule has 2 fully saturated rings. The van der Waals surface area contributed by atoms with E-state index in [1.54, 1.807) is 4.90 Å². The minimum atomic E-state index is -1.21. The van der Waals surface area contributed by atoms with Gasteiger partial charge in [-0.15, -0.1) is 0 Å². The highest BCUT2D eigenvalue weighted by Gasteiger charge is 2.51. The molecule has 2 aliphatic rings. The van der Waals surface area contributed by atoms with E-state index < -0.39 is 17.7 Å². The second-order valence-electron chi connectivity index (χ2n) is 7.61. The fourth-order valence-electron chi connectivity index (χ4n) is 4.44. The molecule has 21 heavy (non-hydrogen) atoms. The fraction of sp³-hybridized carbons (Fsp3) is 0.625. The molecule has 1 saturated carbocycles. The summed E-state index contributed by atoms with van der Waals surface area (Å²) in [5.41, 5.74) is 0.0373. The molecule has 1 saturated heterocycles. The molecular formula is C16H20F2N2O. The monoisotopic (exact) mass is 294 g/mol. The quantitative estimate of drug-likeness (QED) is 0.744. The Morgan fingerprint density at radius 1 is 1.33 bits per heavy atom. The van der Waals surface area contributed by atoms with Crippen LogP contribution in [-0.4, -0.2) is 28.4 Å². The number of carbonyl (C=O) groups is 1. The first-order valence-electron chi connectivity index (χ1n) is 7.32. The average Bonchev–Trinajstić information content (AvgIpc) is 2.61. The van der Waals surface area contributed by atoms with E-state index in [2.05, 4.69) is 25.8 Å². The zero-order valence-electron chi connectivity index (χ0n) is 12.6. The van der Waals surface area contributed by atoms with Gasteiger partial charge in [-0.3, -0.25) is 4.79 Å². The van der Waals surface area contributed by atoms with Crippen molar-refractivity contribution >= 4 is 5.91 Å². The van der Waals surface area contributed by atoms with Crippen molar-refractivity contribution in [2.45, 2.75) is 46.1 Å². The summed E-state index contributed by atoms with van der Waals surface area (Å²) in [6, 6.07) is 1.37. The predicted molar refractivity (Wildman–Crippen MR) is 74.7 cm³/mol. The molecule has 1 aromatic heterocycles. The molecule has 1 amide bonds. The van der Waals surface area contributed by atoms with E-state index in [-0.39, 0.29) is 22.4 Å². The normalized spacial score (nSPS) is 30.5. The summed E-state index contributed by atoms with van der Waals surface area (Å²) < 4.78 is 27.0. The number of hydrogen-bond acceptors (Lipinski definition) is 2. The molecule has 2 unspecified atom stereocenters. The highest BCUT2D eigenvalue weighted by atomic mass is 19.2. The summed E-state index contributed by atoms with van der Waals surface area (Å²) in [6.07, 6.45) is 4.04. The Bertz CT molecular complexity index is 602. The summed E-state index contributed by atoms with van der Waals surface area (Å²) in [6.45, 7) is 7.21. The van der Waals surface area contributed by atoms with Crippen molar-refractivity contribution in [3.05, 3.63) is 29.6 Å². The molecule has 114 valence electrons. The fourth-order valence-corrected chi connectivity index (χ4v) is 4.44. The SMILES string of the molecule is CC1(C)CC2CC(C)(CN2C(=O)c2ccnc(F)c2F)C1. The molecule has 1 aliphatic carbocycles. The van der Waals surface area contributed by atoms with Gasteiger partial charge in [0.15, 0.2) is 5.82 Å². The highest BCUT2D eigenvalue weighted by molar-refractivity contribution is 5.94. The molecule has 2 atom stereocenters. The molecule has 2 heterocycles. The van der Waals surface area contributed by atoms with Crippen LogP contribution in [0.3, 0.4) is 0 Å². The Balaban J connectivity index is 1.92. The Hall–Kier alpha value is -1.52. The van der Waals surface area contributed by atoms with Crippen LogP contribution in [0.5, 0.6) is 0 Å². The molecule has 3 nitrogen and oxygen atoms in total. The van der Waals surface area contributed by atoms with Gasteiger partial charge >= 0.3 is 0 Å². The first-order valence-corrected chi connectivity index (χ1v) is 7.32. The number of hydrogen-bond donors (Lipinski definition) is 0. The van der Waals surface area contributed by atoms with Gasteiger partial charge in [0.1, 0.15) is 0 Å². The van der Waals surface area contributed by atoms with Gasteiger partial charge in [0.05, 0.1) is 5.56 Å². The van der Waals surface area contributed by atoms with Crippen molar-refractivity contribution in [3.63, 3.8) is 0 Å². The number of nitrogens with zero attached hydrogens (tertiary/aromatic N) is 2. The van der Waals surface area contributed by atoms with Crippen LogP contribution in [0, 0.1) is 22.6 Å². The number of likely N-dealkylation sites (tertiary alicyclic amines) is 1. The van der Waals surface area contributed by atoms with Crippen molar-refractivity contribution in [2.75, 3.05) is 6.54 Å². The molecule has 1 aliphatic heterocycles. The van der Waals surface area contributed by atoms with Gasteiger partial charge in [-0.05, 0) is 36.2 Å². The van der Waals surface area contributed by atoms with Crippen LogP contribution in [0.2, 0.25) is 0 Å². The summed E-state index contributed by atoms with van der Waals surface area (Å²) >= 11 is 0. The number of halogens is 2. The smallest absolute Gasteiger partial charge is 0.257 e. The lowest BCUT2D eigenvalue weighted by Crippen LogP contribution is -2.38. The molecule has 0 spiro atoms. The molecule has 2 bridgehead atoms. The number of pyridine rings is 1. The van der Waals surface area contributed by atoms with Crippen molar-refractivity contribution in [3.8, 4) is 0 Å². The van der Waals surface area contributed by atoms with E-state index in [1.807, 2.05) is 0 Å². The van der Waals surface area contributed by atoms with E-state index >= 15 is 0 Å². The van der Waals surface area contributed by atoms with Crippen molar-refractivity contribution in [2.24, 2.45) is 10.8 Å². The molecular weight excluding hydrogens is 274 g/mol. The van der Waals surface area contributed by atoms with E-state index in [4.69, 9.17) is 0 Å². The second kappa shape index (κ2) is 4.49. The third kappa shape index (κ3) is 2.43. The summed E-state index contributed by atoms with van der Waals surface area (Å²) in [5.74, 6) is -2.77. The third-order valence-corrected chi connectivity index (χ3v) is 4.75. The van der Waals surface area contributed by atoms with Crippen LogP contribution in [0.25, 0.3) is 0 Å². The molecule has 3 rings (SSSR count). The van der Waals surface area contributed by atoms with Gasteiger partial charge in [-0.25, -0.2) is 9.37 Å². The predicted octanol–water partition coefficient (Wildman–Crippen LogP) is 3.40. The Morgan fingerprint density at radius 2 is 2.05 bits per heavy atom. The standard InChI is InChI=1S/C16H20F2N2O/c1-15(2)6-10-7-16(3,8-15)9-20(10)14(21)11-4-5-19-13(18)12(11)17/h4-5,10H,6-9H2,1-3H3. The van der Waals surface area contributed by atoms with Gasteiger partial charge in [0.2, 0.25) is 5.95 Å². The average molecular weight is 294 g/mol. The Morgan fingerprint density at radius 3 is 2.76 bits per heavy atom. The number of carbonyl (C=O) groups excluding carboxylic acids is 1. The zero-order valence-corrected chi connectivity index (χ0v) is 12.6. The van der Waals surface area contributed by atoms with Crippen LogP contribution in [0.1, 0.15) is 50.4 Å². The molecule has 0 aromatic carbocycles. The number of aromatic nitrogens is 1. The minimum absolute atomic E-state index is 0.0735. The van der Waals surface area contributed by atoms with Gasteiger partial charge in [-0.2, -0.15) is 4.39 Å². The number of fused-ring (bicyclic) bond motifs is 2. The van der Waals surface area contributed by atoms with Crippen LogP contribution in [0.4, 0.5) is 8.78 Å². The molecule has 1 aromatic rings. The van der Waals surface area contributed by atoms with Gasteiger partial charge < -0.3 is 4.90 Å². The Labute approximate surface area is 123 Å². The largest absolute Gasteiger partial charge is 0.335 e. The van der Waals surface area contributed by atoms with Gasteiger partial charge in [0, 0.05) is 18.8 Å². The third-order valence-electron chi connectivity index (χ3n) is 4.75. The van der Waals surface area contributed by atoms with E-state index in [1.165, 1.54) is 6.07 Å². The van der Waals surface area contributed by atoms with Crippen molar-refractivity contribution in [1.29, 1.82) is 0 Å². The summed E-state index contributed by atoms with van der Waals surface area (Å²) in [7, 11) is 0. The lowest BCUT2D eigenvalue weighted by atomic mass is 9.65. The number of amides is 1. The first-order chi connectivity index (χ1) is 9.71. The van der Waals surface area contributed by atoms with Gasteiger partial charge in [-0.1, -0.05) is 20.8 Å². The van der Waals surface area contributed by atoms with Crippen molar-refractivity contribution < 1.29 is 13.6 Å². The minimum Gasteiger partial charge on any atom is -0.335 e. The maximum absolute atomic E-state index is 13.8. The van der Waals surface area contributed by atoms with E-state index in [9.17, 15) is 13.6 Å². The first kappa shape index (κ1) is 14.4. The molecule has 5 heteroatoms. The molecule has 0 radical (unpaired) electrons. The maximum Gasteiger partial charge on any atom is 0.257 e. The maximum atomic E-state index is 13.8. The number of rotatable bonds is 1. The van der Waals surface area contributed by atoms with Gasteiger partial charge in [0.25, 0.3) is 5.91 Å². The topological polar surface area (TPSA) is 33.2 Å². The molecule has 0 N–H and O–H groups in total. The van der Waals surface area contributed by atoms with Crippen LogP contribution in [0.15, 0.2) is 12.3 Å². The second-order valence-corrected chi connectivity index (χ2v) is 7.61. The lowest BCUT2D eigenvalue weighted by molar-refractivity contribution is 0.0702. The summed E-state index contributed by atoms with van der Waals surface area (Å²) in [4.78, 5) is 17.6. The highest BCUT2D eigenvalue weighted by Crippen LogP contribution is 2.52. The van der Waals surface area contributed by atoms with Crippen LogP contribution < -0.4 is 0 Å². The van der Waals surface area contributed by atoms with E-state index in [0.717, 1.165) is 25.5 Å². The van der Waals surface area contributed by atoms with Crippen LogP contribution >= 0.6 is 0 Å². The van der Waals surface area contributed by atoms with Crippen LogP contribution in [-0.2, 0) is 0 Å². The van der Waals surface area contributed by atoms with Crippen molar-refractivity contribution in [1.82, 2.24) is 9.88 Å². The zero-order chi connectivity index (χ0) is 15.4. The lowest BCUT2D eigenvalue weighted by Gasteiger charge is -2.39. The van der Waals surface area contributed by atoms with E-state index in [0.29, 0.717) is 6.54 Å². The summed E-state index contributed by atoms with van der Waals surface area (Å²) in [5, 5.41) is 0. The Kier molecular flexibility index (Phi) is 3.08.